The SMILES string of the molecule is CC(C)CN1C(=O)[C@H]2[C@@H](C(=O)NC3CC3)[C@H]3C=C[C@@]2(O3)[C@@H]1C(=O)NC1CCCCC1. The molecule has 3 aliphatic heterocycles. The van der Waals surface area contributed by atoms with Crippen molar-refractivity contribution in [3.63, 3.8) is 0 Å². The number of likely N-dealkylation sites (tertiary alicyclic amines) is 1. The molecule has 3 heterocycles. The van der Waals surface area contributed by atoms with Crippen LogP contribution in [-0.4, -0.2) is 59.0 Å². The molecular weight excluding hydrogens is 382 g/mol. The number of ether oxygens (including phenoxy) is 1. The minimum atomic E-state index is -1.03. The molecule has 3 amide bonds. The van der Waals surface area contributed by atoms with Gasteiger partial charge in [-0.1, -0.05) is 45.3 Å². The first-order valence-electron chi connectivity index (χ1n) is 11.7. The Bertz CT molecular complexity index is 770. The number of nitrogens with one attached hydrogen (secondary N) is 2. The van der Waals surface area contributed by atoms with E-state index in [4.69, 9.17) is 4.74 Å². The van der Waals surface area contributed by atoms with Crippen molar-refractivity contribution in [3.05, 3.63) is 12.2 Å². The van der Waals surface area contributed by atoms with E-state index in [0.717, 1.165) is 38.5 Å². The van der Waals surface area contributed by atoms with Gasteiger partial charge in [-0.15, -0.1) is 0 Å². The van der Waals surface area contributed by atoms with Gasteiger partial charge in [0.15, 0.2) is 0 Å². The summed E-state index contributed by atoms with van der Waals surface area (Å²) >= 11 is 0. The molecule has 2 aliphatic carbocycles. The predicted molar refractivity (Wildman–Crippen MR) is 110 cm³/mol. The molecule has 0 aromatic carbocycles. The summed E-state index contributed by atoms with van der Waals surface area (Å²) in [7, 11) is 0. The molecule has 1 spiro atoms. The maximum absolute atomic E-state index is 13.6. The molecule has 0 aromatic heterocycles. The van der Waals surface area contributed by atoms with E-state index >= 15 is 0 Å². The molecule has 30 heavy (non-hydrogen) atoms. The molecule has 7 nitrogen and oxygen atoms in total. The van der Waals surface area contributed by atoms with Crippen LogP contribution in [0, 0.1) is 17.8 Å². The highest BCUT2D eigenvalue weighted by Crippen LogP contribution is 2.55. The van der Waals surface area contributed by atoms with E-state index in [9.17, 15) is 14.4 Å². The lowest BCUT2D eigenvalue weighted by Gasteiger charge is -2.34. The van der Waals surface area contributed by atoms with Crippen molar-refractivity contribution >= 4 is 17.7 Å². The van der Waals surface area contributed by atoms with Gasteiger partial charge in [-0.05, 0) is 31.6 Å². The summed E-state index contributed by atoms with van der Waals surface area (Å²) in [6.07, 6.45) is 10.8. The Balaban J connectivity index is 1.44. The lowest BCUT2D eigenvalue weighted by atomic mass is 9.74. The van der Waals surface area contributed by atoms with Crippen LogP contribution in [0.3, 0.4) is 0 Å². The van der Waals surface area contributed by atoms with Crippen LogP contribution in [0.5, 0.6) is 0 Å². The van der Waals surface area contributed by atoms with Crippen molar-refractivity contribution in [2.45, 2.75) is 88.6 Å². The zero-order valence-corrected chi connectivity index (χ0v) is 17.9. The molecule has 7 heteroatoms. The quantitative estimate of drug-likeness (QED) is 0.644. The molecule has 0 radical (unpaired) electrons. The van der Waals surface area contributed by atoms with E-state index in [0.29, 0.717) is 6.54 Å². The highest BCUT2D eigenvalue weighted by Gasteiger charge is 2.72. The zero-order chi connectivity index (χ0) is 21.0. The van der Waals surface area contributed by atoms with Gasteiger partial charge in [-0.25, -0.2) is 0 Å². The summed E-state index contributed by atoms with van der Waals surface area (Å²) in [4.78, 5) is 41.8. The van der Waals surface area contributed by atoms with E-state index in [2.05, 4.69) is 10.6 Å². The van der Waals surface area contributed by atoms with Crippen molar-refractivity contribution in [2.75, 3.05) is 6.54 Å². The monoisotopic (exact) mass is 415 g/mol. The highest BCUT2D eigenvalue weighted by molar-refractivity contribution is 6.00. The fourth-order valence-corrected chi connectivity index (χ4v) is 5.91. The molecule has 2 saturated carbocycles. The van der Waals surface area contributed by atoms with Crippen LogP contribution in [0.25, 0.3) is 0 Å². The summed E-state index contributed by atoms with van der Waals surface area (Å²) in [6, 6.07) is -0.321. The summed E-state index contributed by atoms with van der Waals surface area (Å²) in [5.41, 5.74) is -1.03. The summed E-state index contributed by atoms with van der Waals surface area (Å²) < 4.78 is 6.33. The van der Waals surface area contributed by atoms with Gasteiger partial charge in [-0.2, -0.15) is 0 Å². The van der Waals surface area contributed by atoms with E-state index in [-0.39, 0.29) is 35.7 Å². The number of nitrogens with zero attached hydrogens (tertiary/aromatic N) is 1. The second-order valence-corrected chi connectivity index (χ2v) is 10.2. The number of fused-ring (bicyclic) bond motifs is 1. The molecular formula is C23H33N3O4. The molecule has 4 fully saturated rings. The molecule has 0 aromatic rings. The van der Waals surface area contributed by atoms with Gasteiger partial charge in [-0.3, -0.25) is 14.4 Å². The van der Waals surface area contributed by atoms with Crippen molar-refractivity contribution in [2.24, 2.45) is 17.8 Å². The molecule has 2 bridgehead atoms. The third-order valence-electron chi connectivity index (χ3n) is 7.36. The molecule has 5 rings (SSSR count). The maximum Gasteiger partial charge on any atom is 0.246 e. The van der Waals surface area contributed by atoms with Crippen molar-refractivity contribution in [1.29, 1.82) is 0 Å². The van der Waals surface area contributed by atoms with Crippen LogP contribution < -0.4 is 10.6 Å². The Hall–Kier alpha value is -1.89. The molecule has 5 aliphatic rings. The summed E-state index contributed by atoms with van der Waals surface area (Å²) in [5, 5.41) is 6.27. The van der Waals surface area contributed by atoms with Crippen LogP contribution in [0.2, 0.25) is 0 Å². The van der Waals surface area contributed by atoms with Gasteiger partial charge in [0.1, 0.15) is 11.6 Å². The third kappa shape index (κ3) is 3.17. The highest BCUT2D eigenvalue weighted by atomic mass is 16.5. The molecule has 2 N–H and O–H groups in total. The fourth-order valence-electron chi connectivity index (χ4n) is 5.91. The third-order valence-corrected chi connectivity index (χ3v) is 7.36. The predicted octanol–water partition coefficient (Wildman–Crippen LogP) is 1.52. The Kier molecular flexibility index (Phi) is 4.92. The summed E-state index contributed by atoms with van der Waals surface area (Å²) in [5.74, 6) is -1.31. The number of rotatable bonds is 6. The molecule has 5 atom stereocenters. The van der Waals surface area contributed by atoms with Gasteiger partial charge >= 0.3 is 0 Å². The topological polar surface area (TPSA) is 87.7 Å². The Morgan fingerprint density at radius 3 is 2.43 bits per heavy atom. The normalized spacial score (nSPS) is 37.7. The minimum Gasteiger partial charge on any atom is -0.359 e. The van der Waals surface area contributed by atoms with E-state index in [1.54, 1.807) is 4.90 Å². The Morgan fingerprint density at radius 1 is 1.10 bits per heavy atom. The maximum atomic E-state index is 13.6. The summed E-state index contributed by atoms with van der Waals surface area (Å²) in [6.45, 7) is 4.57. The second-order valence-electron chi connectivity index (χ2n) is 10.2. The van der Waals surface area contributed by atoms with Crippen molar-refractivity contribution in [1.82, 2.24) is 15.5 Å². The average Bonchev–Trinajstić information content (AvgIpc) is 3.25. The lowest BCUT2D eigenvalue weighted by Crippen LogP contribution is -2.57. The molecule has 0 unspecified atom stereocenters. The van der Waals surface area contributed by atoms with Gasteiger partial charge in [0.25, 0.3) is 0 Å². The first kappa shape index (κ1) is 20.0. The standard InChI is InChI=1S/C23H33N3O4/c1-13(2)12-26-19(21(28)25-14-6-4-3-5-7-14)23-11-10-16(30-23)17(18(23)22(26)29)20(27)24-15-8-9-15/h10-11,13-19H,3-9,12H2,1-2H3,(H,24,27)(H,25,28)/t16-,17+,18-,19+,23+/m1/s1. The van der Waals surface area contributed by atoms with E-state index in [1.165, 1.54) is 6.42 Å². The van der Waals surface area contributed by atoms with Crippen LogP contribution >= 0.6 is 0 Å². The largest absolute Gasteiger partial charge is 0.359 e. The van der Waals surface area contributed by atoms with Crippen molar-refractivity contribution < 1.29 is 19.1 Å². The Labute approximate surface area is 178 Å². The first-order chi connectivity index (χ1) is 14.4. The number of hydrogen-bond donors (Lipinski definition) is 2. The van der Waals surface area contributed by atoms with Crippen LogP contribution in [0.4, 0.5) is 0 Å². The van der Waals surface area contributed by atoms with Crippen LogP contribution in [0.15, 0.2) is 12.2 Å². The second kappa shape index (κ2) is 7.36. The molecule has 2 saturated heterocycles. The van der Waals surface area contributed by atoms with Gasteiger partial charge in [0.05, 0.1) is 17.9 Å². The average molecular weight is 416 g/mol. The minimum absolute atomic E-state index is 0.107. The van der Waals surface area contributed by atoms with E-state index in [1.807, 2.05) is 26.0 Å². The number of amides is 3. The van der Waals surface area contributed by atoms with Gasteiger partial charge in [0, 0.05) is 18.6 Å². The van der Waals surface area contributed by atoms with Gasteiger partial charge in [0.2, 0.25) is 17.7 Å². The van der Waals surface area contributed by atoms with Crippen LogP contribution in [-0.2, 0) is 19.1 Å². The van der Waals surface area contributed by atoms with Crippen LogP contribution in [0.1, 0.15) is 58.8 Å². The number of carbonyl (C=O) groups excluding carboxylic acids is 3. The first-order valence-corrected chi connectivity index (χ1v) is 11.7. The fraction of sp³-hybridized carbons (Fsp3) is 0.783. The number of hydrogen-bond acceptors (Lipinski definition) is 4. The lowest BCUT2D eigenvalue weighted by molar-refractivity contribution is -0.142. The smallest absolute Gasteiger partial charge is 0.246 e. The van der Waals surface area contributed by atoms with E-state index < -0.39 is 29.6 Å². The molecule has 164 valence electrons. The Morgan fingerprint density at radius 2 is 1.77 bits per heavy atom. The van der Waals surface area contributed by atoms with Gasteiger partial charge < -0.3 is 20.3 Å². The zero-order valence-electron chi connectivity index (χ0n) is 17.9. The van der Waals surface area contributed by atoms with Crippen molar-refractivity contribution in [3.8, 4) is 0 Å². The number of carbonyl (C=O) groups is 3.